The molecule has 5 N–H and O–H groups in total. The van der Waals surface area contributed by atoms with Gasteiger partial charge in [0.05, 0.1) is 16.6 Å². The number of hydrogen-bond donors (Lipinski definition) is 3. The van der Waals surface area contributed by atoms with Crippen molar-refractivity contribution in [3.05, 3.63) is 24.3 Å². The molecule has 0 amide bonds. The number of carboxylic acids is 2. The molecule has 1 heterocycles. The fourth-order valence-corrected chi connectivity index (χ4v) is 3.59. The number of carboxylic acid groups (broad SMARTS) is 2. The van der Waals surface area contributed by atoms with Crippen molar-refractivity contribution in [2.75, 3.05) is 0 Å². The highest BCUT2D eigenvalue weighted by Crippen LogP contribution is 2.33. The van der Waals surface area contributed by atoms with Crippen LogP contribution in [0.5, 0.6) is 0 Å². The first-order valence-electron chi connectivity index (χ1n) is 5.03. The fraction of sp³-hybridized carbons (Fsp3) is 0.182. The molecule has 0 fully saturated rings. The van der Waals surface area contributed by atoms with Gasteiger partial charge in [-0.1, -0.05) is 23.9 Å². The highest BCUT2D eigenvalue weighted by atomic mass is 32.2. The molecule has 2 aromatic rings. The third-order valence-electron chi connectivity index (χ3n) is 2.15. The highest BCUT2D eigenvalue weighted by molar-refractivity contribution is 8.02. The van der Waals surface area contributed by atoms with E-state index in [1.807, 2.05) is 24.3 Å². The Bertz CT molecular complexity index is 566. The van der Waals surface area contributed by atoms with E-state index in [9.17, 15) is 9.59 Å². The molecule has 8 heteroatoms. The second-order valence-corrected chi connectivity index (χ2v) is 5.97. The molecule has 0 saturated carbocycles. The molecule has 0 aliphatic carbocycles. The van der Waals surface area contributed by atoms with Gasteiger partial charge in [0.25, 0.3) is 0 Å². The van der Waals surface area contributed by atoms with E-state index >= 15 is 0 Å². The maximum atomic E-state index is 10.9. The van der Waals surface area contributed by atoms with Crippen molar-refractivity contribution >= 4 is 45.3 Å². The molecule has 0 saturated heterocycles. The minimum absolute atomic E-state index is 0. The Balaban J connectivity index is 0.00000180. The molecule has 2 rings (SSSR count). The van der Waals surface area contributed by atoms with E-state index in [0.29, 0.717) is 4.34 Å². The van der Waals surface area contributed by atoms with Gasteiger partial charge in [0.15, 0.2) is 4.34 Å². The number of carbonyl (C=O) groups is 2. The molecule has 6 nitrogen and oxygen atoms in total. The van der Waals surface area contributed by atoms with Gasteiger partial charge in [-0.25, -0.2) is 4.98 Å². The van der Waals surface area contributed by atoms with Crippen molar-refractivity contribution in [1.82, 2.24) is 11.1 Å². The number of aromatic nitrogens is 1. The molecule has 1 unspecified atom stereocenters. The summed E-state index contributed by atoms with van der Waals surface area (Å²) in [6.45, 7) is 0. The standard InChI is InChI=1S/C11H9NO4S2.H3N/c13-9(14)5-8(10(15)16)18-11-12-6-3-1-2-4-7(6)17-11;/h1-4,8H,5H2,(H,13,14)(H,15,16);1H3. The second-order valence-electron chi connectivity index (χ2n) is 3.49. The van der Waals surface area contributed by atoms with Gasteiger partial charge >= 0.3 is 11.9 Å². The van der Waals surface area contributed by atoms with E-state index in [-0.39, 0.29) is 6.15 Å². The molecule has 19 heavy (non-hydrogen) atoms. The van der Waals surface area contributed by atoms with Crippen molar-refractivity contribution < 1.29 is 19.8 Å². The van der Waals surface area contributed by atoms with Crippen LogP contribution >= 0.6 is 23.1 Å². The van der Waals surface area contributed by atoms with Crippen LogP contribution in [0.2, 0.25) is 0 Å². The molecule has 1 aromatic heterocycles. The smallest absolute Gasteiger partial charge is 0.317 e. The maximum absolute atomic E-state index is 10.9. The number of para-hydroxylation sites is 1. The van der Waals surface area contributed by atoms with Gasteiger partial charge < -0.3 is 16.4 Å². The Morgan fingerprint density at radius 1 is 1.32 bits per heavy atom. The van der Waals surface area contributed by atoms with E-state index in [0.717, 1.165) is 22.0 Å². The lowest BCUT2D eigenvalue weighted by Crippen LogP contribution is -2.20. The van der Waals surface area contributed by atoms with Gasteiger partial charge in [-0.3, -0.25) is 9.59 Å². The summed E-state index contributed by atoms with van der Waals surface area (Å²) >= 11 is 2.34. The SMILES string of the molecule is N.O=C(O)CC(Sc1nc2ccccc2s1)C(=O)O. The number of aliphatic carboxylic acids is 2. The summed E-state index contributed by atoms with van der Waals surface area (Å²) in [5.41, 5.74) is 0.796. The number of thiazole rings is 1. The van der Waals surface area contributed by atoms with E-state index in [4.69, 9.17) is 10.2 Å². The normalized spacial score (nSPS) is 11.8. The number of fused-ring (bicyclic) bond motifs is 1. The van der Waals surface area contributed by atoms with Crippen molar-refractivity contribution in [3.8, 4) is 0 Å². The molecular formula is C11H12N2O4S2. The first-order chi connectivity index (χ1) is 8.56. The van der Waals surface area contributed by atoms with E-state index in [1.54, 1.807) is 0 Å². The van der Waals surface area contributed by atoms with Gasteiger partial charge in [-0.15, -0.1) is 11.3 Å². The average molecular weight is 300 g/mol. The van der Waals surface area contributed by atoms with Crippen LogP contribution < -0.4 is 6.15 Å². The van der Waals surface area contributed by atoms with Crippen LogP contribution in [-0.2, 0) is 9.59 Å². The minimum atomic E-state index is -1.14. The molecule has 0 aliphatic heterocycles. The molecule has 0 radical (unpaired) electrons. The first-order valence-corrected chi connectivity index (χ1v) is 6.72. The average Bonchev–Trinajstić information content (AvgIpc) is 2.69. The predicted molar refractivity (Wildman–Crippen MR) is 74.2 cm³/mol. The van der Waals surface area contributed by atoms with Crippen molar-refractivity contribution in [2.24, 2.45) is 0 Å². The lowest BCUT2D eigenvalue weighted by Gasteiger charge is -2.06. The second kappa shape index (κ2) is 6.50. The number of benzene rings is 1. The van der Waals surface area contributed by atoms with Crippen molar-refractivity contribution in [1.29, 1.82) is 0 Å². The molecule has 0 spiro atoms. The lowest BCUT2D eigenvalue weighted by atomic mass is 10.3. The molecule has 0 bridgehead atoms. The molecule has 1 aromatic carbocycles. The third-order valence-corrected chi connectivity index (χ3v) is 4.47. The lowest BCUT2D eigenvalue weighted by molar-refractivity contribution is -0.142. The Kier molecular flexibility index (Phi) is 5.28. The maximum Gasteiger partial charge on any atom is 0.317 e. The summed E-state index contributed by atoms with van der Waals surface area (Å²) in [6, 6.07) is 7.45. The Hall–Kier alpha value is -1.64. The topological polar surface area (TPSA) is 122 Å². The van der Waals surface area contributed by atoms with Crippen LogP contribution in [0.3, 0.4) is 0 Å². The molecule has 1 atom stereocenters. The Morgan fingerprint density at radius 3 is 2.58 bits per heavy atom. The van der Waals surface area contributed by atoms with Crippen LogP contribution in [0.4, 0.5) is 0 Å². The summed E-state index contributed by atoms with van der Waals surface area (Å²) < 4.78 is 1.53. The summed E-state index contributed by atoms with van der Waals surface area (Å²) in [5, 5.41) is 16.6. The summed E-state index contributed by atoms with van der Waals surface area (Å²) in [4.78, 5) is 25.8. The number of nitrogens with zero attached hydrogens (tertiary/aromatic N) is 1. The summed E-state index contributed by atoms with van der Waals surface area (Å²) in [5.74, 6) is -2.27. The molecule has 0 aliphatic rings. The fourth-order valence-electron chi connectivity index (χ4n) is 1.36. The van der Waals surface area contributed by atoms with E-state index in [1.165, 1.54) is 11.3 Å². The van der Waals surface area contributed by atoms with Gasteiger partial charge in [-0.05, 0) is 12.1 Å². The van der Waals surface area contributed by atoms with Crippen LogP contribution in [0.1, 0.15) is 6.42 Å². The zero-order valence-electron chi connectivity index (χ0n) is 9.78. The van der Waals surface area contributed by atoms with E-state index in [2.05, 4.69) is 4.98 Å². The van der Waals surface area contributed by atoms with Gasteiger partial charge in [0.1, 0.15) is 5.25 Å². The third kappa shape index (κ3) is 3.91. The van der Waals surface area contributed by atoms with Crippen molar-refractivity contribution in [3.63, 3.8) is 0 Å². The van der Waals surface area contributed by atoms with Gasteiger partial charge in [-0.2, -0.15) is 0 Å². The Morgan fingerprint density at radius 2 is 2.00 bits per heavy atom. The van der Waals surface area contributed by atoms with Gasteiger partial charge in [0, 0.05) is 0 Å². The van der Waals surface area contributed by atoms with Crippen LogP contribution in [-0.4, -0.2) is 32.4 Å². The number of thioether (sulfide) groups is 1. The summed E-state index contributed by atoms with van der Waals surface area (Å²) in [7, 11) is 0. The van der Waals surface area contributed by atoms with Crippen molar-refractivity contribution in [2.45, 2.75) is 16.0 Å². The largest absolute Gasteiger partial charge is 0.481 e. The highest BCUT2D eigenvalue weighted by Gasteiger charge is 2.23. The zero-order valence-corrected chi connectivity index (χ0v) is 11.4. The quantitative estimate of drug-likeness (QED) is 0.725. The van der Waals surface area contributed by atoms with E-state index < -0.39 is 23.6 Å². The summed E-state index contributed by atoms with van der Waals surface area (Å²) in [6.07, 6.45) is -0.421. The van der Waals surface area contributed by atoms with Gasteiger partial charge in [0.2, 0.25) is 0 Å². The minimum Gasteiger partial charge on any atom is -0.481 e. The predicted octanol–water partition coefficient (Wildman–Crippen LogP) is 2.48. The van der Waals surface area contributed by atoms with Crippen LogP contribution in [0, 0.1) is 0 Å². The first kappa shape index (κ1) is 15.4. The molecule has 102 valence electrons. The monoisotopic (exact) mass is 300 g/mol. The van der Waals surface area contributed by atoms with Crippen LogP contribution in [0.15, 0.2) is 28.6 Å². The number of rotatable bonds is 5. The Labute approximate surface area is 117 Å². The van der Waals surface area contributed by atoms with Crippen LogP contribution in [0.25, 0.3) is 10.2 Å². The number of hydrogen-bond acceptors (Lipinski definition) is 6. The molecular weight excluding hydrogens is 288 g/mol. The zero-order chi connectivity index (χ0) is 13.1.